The third-order valence-electron chi connectivity index (χ3n) is 3.06. The minimum Gasteiger partial charge on any atom is -0.448 e. The highest BCUT2D eigenvalue weighted by molar-refractivity contribution is 5.61. The summed E-state index contributed by atoms with van der Waals surface area (Å²) >= 11 is 0. The van der Waals surface area contributed by atoms with E-state index in [9.17, 15) is 0 Å². The van der Waals surface area contributed by atoms with Gasteiger partial charge >= 0.3 is 0 Å². The standard InChI is InChI=1S/C15H20N2O/c1-2-3-4-12-5-7-13(8-6-12)15-14(9-10-16)18-11-17-15/h5-8,11H,2-4,9-10,16H2,1H3. The Kier molecular flexibility index (Phi) is 4.53. The van der Waals surface area contributed by atoms with Crippen LogP contribution in [0.1, 0.15) is 31.1 Å². The van der Waals surface area contributed by atoms with Crippen LogP contribution >= 0.6 is 0 Å². The van der Waals surface area contributed by atoms with Crippen LogP contribution in [-0.2, 0) is 12.8 Å². The second-order valence-electron chi connectivity index (χ2n) is 4.46. The molecule has 0 saturated heterocycles. The zero-order valence-electron chi connectivity index (χ0n) is 10.9. The number of unbranched alkanes of at least 4 members (excludes halogenated alkanes) is 1. The first-order chi connectivity index (χ1) is 8.85. The van der Waals surface area contributed by atoms with Crippen molar-refractivity contribution in [3.8, 4) is 11.3 Å². The molecule has 2 aromatic rings. The lowest BCUT2D eigenvalue weighted by Gasteiger charge is -2.03. The maximum atomic E-state index is 5.56. The number of hydrogen-bond donors (Lipinski definition) is 1. The monoisotopic (exact) mass is 244 g/mol. The topological polar surface area (TPSA) is 52.0 Å². The SMILES string of the molecule is CCCCc1ccc(-c2ncoc2CCN)cc1. The molecule has 0 amide bonds. The molecule has 18 heavy (non-hydrogen) atoms. The Labute approximate surface area is 108 Å². The van der Waals surface area contributed by atoms with Gasteiger partial charge in [-0.15, -0.1) is 0 Å². The van der Waals surface area contributed by atoms with Gasteiger partial charge in [-0.2, -0.15) is 0 Å². The van der Waals surface area contributed by atoms with Crippen LogP contribution in [0.4, 0.5) is 0 Å². The van der Waals surface area contributed by atoms with Gasteiger partial charge < -0.3 is 10.2 Å². The molecule has 0 aliphatic heterocycles. The Morgan fingerprint density at radius 1 is 1.17 bits per heavy atom. The molecule has 2 N–H and O–H groups in total. The van der Waals surface area contributed by atoms with E-state index < -0.39 is 0 Å². The Hall–Kier alpha value is -1.61. The molecule has 1 heterocycles. The lowest BCUT2D eigenvalue weighted by molar-refractivity contribution is 0.506. The van der Waals surface area contributed by atoms with Crippen molar-refractivity contribution in [1.82, 2.24) is 4.98 Å². The van der Waals surface area contributed by atoms with Crippen LogP contribution < -0.4 is 5.73 Å². The molecule has 0 saturated carbocycles. The van der Waals surface area contributed by atoms with E-state index in [1.807, 2.05) is 0 Å². The molecule has 3 nitrogen and oxygen atoms in total. The van der Waals surface area contributed by atoms with Gasteiger partial charge in [0.1, 0.15) is 11.5 Å². The Bertz CT molecular complexity index is 473. The summed E-state index contributed by atoms with van der Waals surface area (Å²) in [5.74, 6) is 0.874. The molecule has 0 fully saturated rings. The van der Waals surface area contributed by atoms with Crippen LogP contribution in [0, 0.1) is 0 Å². The Morgan fingerprint density at radius 2 is 1.94 bits per heavy atom. The minimum absolute atomic E-state index is 0.580. The van der Waals surface area contributed by atoms with E-state index in [0.29, 0.717) is 6.54 Å². The van der Waals surface area contributed by atoms with Gasteiger partial charge in [0, 0.05) is 12.0 Å². The second kappa shape index (κ2) is 6.36. The van der Waals surface area contributed by atoms with Crippen LogP contribution in [0.2, 0.25) is 0 Å². The zero-order valence-corrected chi connectivity index (χ0v) is 10.9. The van der Waals surface area contributed by atoms with E-state index in [0.717, 1.165) is 29.9 Å². The lowest BCUT2D eigenvalue weighted by atomic mass is 10.0. The minimum atomic E-state index is 0.580. The third-order valence-corrected chi connectivity index (χ3v) is 3.06. The average molecular weight is 244 g/mol. The highest BCUT2D eigenvalue weighted by atomic mass is 16.3. The fourth-order valence-electron chi connectivity index (χ4n) is 2.02. The maximum Gasteiger partial charge on any atom is 0.181 e. The van der Waals surface area contributed by atoms with Gasteiger partial charge in [-0.05, 0) is 24.9 Å². The van der Waals surface area contributed by atoms with Crippen LogP contribution in [0.5, 0.6) is 0 Å². The Balaban J connectivity index is 2.15. The van der Waals surface area contributed by atoms with E-state index in [1.165, 1.54) is 24.8 Å². The van der Waals surface area contributed by atoms with Crippen molar-refractivity contribution in [3.05, 3.63) is 42.0 Å². The van der Waals surface area contributed by atoms with Crippen LogP contribution in [0.25, 0.3) is 11.3 Å². The number of oxazole rings is 1. The van der Waals surface area contributed by atoms with Gasteiger partial charge in [-0.3, -0.25) is 0 Å². The van der Waals surface area contributed by atoms with Crippen molar-refractivity contribution in [2.75, 3.05) is 6.54 Å². The van der Waals surface area contributed by atoms with E-state index in [4.69, 9.17) is 10.2 Å². The van der Waals surface area contributed by atoms with Gasteiger partial charge in [-0.25, -0.2) is 4.98 Å². The van der Waals surface area contributed by atoms with Crippen LogP contribution in [-0.4, -0.2) is 11.5 Å². The highest BCUT2D eigenvalue weighted by Gasteiger charge is 2.09. The fourth-order valence-corrected chi connectivity index (χ4v) is 2.02. The van der Waals surface area contributed by atoms with Crippen molar-refractivity contribution >= 4 is 0 Å². The molecule has 0 unspecified atom stereocenters. The van der Waals surface area contributed by atoms with Gasteiger partial charge in [0.25, 0.3) is 0 Å². The third kappa shape index (κ3) is 2.99. The predicted molar refractivity (Wildman–Crippen MR) is 73.3 cm³/mol. The lowest BCUT2D eigenvalue weighted by Crippen LogP contribution is -2.02. The summed E-state index contributed by atoms with van der Waals surface area (Å²) < 4.78 is 5.36. The number of aromatic nitrogens is 1. The number of aryl methyl sites for hydroxylation is 1. The molecule has 96 valence electrons. The van der Waals surface area contributed by atoms with Crippen molar-refractivity contribution in [3.63, 3.8) is 0 Å². The first-order valence-corrected chi connectivity index (χ1v) is 6.57. The first kappa shape index (κ1) is 12.8. The maximum absolute atomic E-state index is 5.56. The van der Waals surface area contributed by atoms with E-state index >= 15 is 0 Å². The summed E-state index contributed by atoms with van der Waals surface area (Å²) in [6, 6.07) is 8.57. The highest BCUT2D eigenvalue weighted by Crippen LogP contribution is 2.23. The first-order valence-electron chi connectivity index (χ1n) is 6.57. The van der Waals surface area contributed by atoms with Crippen molar-refractivity contribution in [2.45, 2.75) is 32.6 Å². The number of rotatable bonds is 6. The smallest absolute Gasteiger partial charge is 0.181 e. The summed E-state index contributed by atoms with van der Waals surface area (Å²) in [6.45, 7) is 2.79. The fraction of sp³-hybridized carbons (Fsp3) is 0.400. The van der Waals surface area contributed by atoms with Crippen molar-refractivity contribution < 1.29 is 4.42 Å². The number of benzene rings is 1. The van der Waals surface area contributed by atoms with Gasteiger partial charge in [-0.1, -0.05) is 37.6 Å². The summed E-state index contributed by atoms with van der Waals surface area (Å²) in [5.41, 5.74) is 8.96. The van der Waals surface area contributed by atoms with E-state index in [2.05, 4.69) is 36.2 Å². The summed E-state index contributed by atoms with van der Waals surface area (Å²) in [7, 11) is 0. The molecule has 1 aromatic heterocycles. The molecule has 0 atom stereocenters. The summed E-state index contributed by atoms with van der Waals surface area (Å²) in [5, 5.41) is 0. The number of hydrogen-bond acceptors (Lipinski definition) is 3. The van der Waals surface area contributed by atoms with Crippen molar-refractivity contribution in [1.29, 1.82) is 0 Å². The second-order valence-corrected chi connectivity index (χ2v) is 4.46. The predicted octanol–water partition coefficient (Wildman–Crippen LogP) is 3.19. The van der Waals surface area contributed by atoms with Crippen LogP contribution in [0.3, 0.4) is 0 Å². The van der Waals surface area contributed by atoms with Crippen LogP contribution in [0.15, 0.2) is 35.1 Å². The molecule has 1 aromatic carbocycles. The quantitative estimate of drug-likeness (QED) is 0.849. The van der Waals surface area contributed by atoms with Gasteiger partial charge in [0.2, 0.25) is 0 Å². The van der Waals surface area contributed by atoms with Gasteiger partial charge in [0.15, 0.2) is 6.39 Å². The molecule has 0 spiro atoms. The molecule has 2 rings (SSSR count). The molecule has 0 aliphatic rings. The summed E-state index contributed by atoms with van der Waals surface area (Å²) in [4.78, 5) is 4.27. The van der Waals surface area contributed by atoms with Crippen molar-refractivity contribution in [2.24, 2.45) is 5.73 Å². The normalized spacial score (nSPS) is 10.8. The van der Waals surface area contributed by atoms with E-state index in [1.54, 1.807) is 0 Å². The molecular weight excluding hydrogens is 224 g/mol. The molecule has 0 aliphatic carbocycles. The molecular formula is C15H20N2O. The Morgan fingerprint density at radius 3 is 2.61 bits per heavy atom. The molecule has 0 bridgehead atoms. The number of nitrogens with zero attached hydrogens (tertiary/aromatic N) is 1. The molecule has 3 heteroatoms. The average Bonchev–Trinajstić information content (AvgIpc) is 2.86. The largest absolute Gasteiger partial charge is 0.448 e. The molecule has 0 radical (unpaired) electrons. The summed E-state index contributed by atoms with van der Waals surface area (Å²) in [6.07, 6.45) is 5.83. The zero-order chi connectivity index (χ0) is 12.8. The van der Waals surface area contributed by atoms with E-state index in [-0.39, 0.29) is 0 Å². The number of nitrogens with two attached hydrogens (primary N) is 1. The van der Waals surface area contributed by atoms with Gasteiger partial charge in [0.05, 0.1) is 0 Å².